The van der Waals surface area contributed by atoms with Crippen molar-refractivity contribution < 1.29 is 24.0 Å². The van der Waals surface area contributed by atoms with E-state index >= 15 is 0 Å². The van der Waals surface area contributed by atoms with Crippen LogP contribution in [0, 0.1) is 0 Å². The standard InChI is InChI=1S/C39H45N7O5/c1-26(47)45-16-18-46(19-17-45)35-23-36(48)43-34(22-29-24-40-32-15-9-8-14-31(29)32)38(50)44-33(21-28-12-6-3-7-13-28)37(49)42-30(25-41-39(35)51)20-27-10-4-2-5-11-27/h2-15,24,30,33-35,40H,16-23,25H2,1H3,(H,41,51)(H,42,49)(H,43,48)(H,44,50)/t30-,33+,34+,35-/m1/s1. The molecule has 4 atom stereocenters. The zero-order valence-corrected chi connectivity index (χ0v) is 28.8. The molecule has 5 N–H and O–H groups in total. The van der Waals surface area contributed by atoms with Gasteiger partial charge >= 0.3 is 0 Å². The molecule has 0 bridgehead atoms. The van der Waals surface area contributed by atoms with Gasteiger partial charge in [0.2, 0.25) is 29.5 Å². The summed E-state index contributed by atoms with van der Waals surface area (Å²) in [5.41, 5.74) is 3.55. The minimum absolute atomic E-state index is 0.0425. The predicted molar refractivity (Wildman–Crippen MR) is 193 cm³/mol. The number of benzene rings is 3. The summed E-state index contributed by atoms with van der Waals surface area (Å²) in [6.45, 7) is 3.32. The van der Waals surface area contributed by atoms with Crippen LogP contribution in [0.2, 0.25) is 0 Å². The minimum Gasteiger partial charge on any atom is -0.361 e. The predicted octanol–water partition coefficient (Wildman–Crippen LogP) is 1.70. The number of nitrogens with zero attached hydrogens (tertiary/aromatic N) is 2. The molecule has 12 heteroatoms. The lowest BCUT2D eigenvalue weighted by atomic mass is 10.00. The van der Waals surface area contributed by atoms with E-state index in [0.29, 0.717) is 32.6 Å². The summed E-state index contributed by atoms with van der Waals surface area (Å²) < 4.78 is 0. The largest absolute Gasteiger partial charge is 0.361 e. The SMILES string of the molecule is CC(=O)N1CCN([C@@H]2CC(=O)N[C@@H](Cc3c[nH]c4ccccc34)C(=O)N[C@@H](Cc3ccccc3)C(=O)N[C@H](Cc3ccccc3)CNC2=O)CC1. The molecular weight excluding hydrogens is 646 g/mol. The molecule has 0 aliphatic carbocycles. The summed E-state index contributed by atoms with van der Waals surface area (Å²) >= 11 is 0. The number of rotatable bonds is 7. The average molecular weight is 692 g/mol. The van der Waals surface area contributed by atoms with Crippen molar-refractivity contribution in [2.24, 2.45) is 0 Å². The van der Waals surface area contributed by atoms with Crippen molar-refractivity contribution in [1.29, 1.82) is 0 Å². The number of para-hydroxylation sites is 1. The molecule has 0 unspecified atom stereocenters. The Morgan fingerprint density at radius 3 is 1.98 bits per heavy atom. The molecule has 4 aromatic rings. The van der Waals surface area contributed by atoms with Gasteiger partial charge in [0.15, 0.2) is 0 Å². The van der Waals surface area contributed by atoms with Gasteiger partial charge in [-0.3, -0.25) is 28.9 Å². The number of fused-ring (bicyclic) bond motifs is 1. The zero-order chi connectivity index (χ0) is 35.7. The second-order valence-electron chi connectivity index (χ2n) is 13.3. The van der Waals surface area contributed by atoms with E-state index in [-0.39, 0.29) is 37.6 Å². The summed E-state index contributed by atoms with van der Waals surface area (Å²) in [5, 5.41) is 12.9. The fraction of sp³-hybridized carbons (Fsp3) is 0.359. The molecule has 3 aromatic carbocycles. The van der Waals surface area contributed by atoms with Crippen LogP contribution in [0.5, 0.6) is 0 Å². The van der Waals surface area contributed by atoms with Crippen LogP contribution in [0.1, 0.15) is 30.0 Å². The van der Waals surface area contributed by atoms with Crippen molar-refractivity contribution in [2.45, 2.75) is 56.8 Å². The number of piperazine rings is 1. The average Bonchev–Trinajstić information content (AvgIpc) is 3.55. The van der Waals surface area contributed by atoms with Crippen LogP contribution < -0.4 is 21.3 Å². The summed E-state index contributed by atoms with van der Waals surface area (Å²) in [6.07, 6.45) is 2.46. The Labute approximate surface area is 297 Å². The number of aromatic amines is 1. The van der Waals surface area contributed by atoms with E-state index in [2.05, 4.69) is 26.3 Å². The number of amides is 5. The van der Waals surface area contributed by atoms with Crippen LogP contribution >= 0.6 is 0 Å². The molecule has 1 aromatic heterocycles. The highest BCUT2D eigenvalue weighted by Crippen LogP contribution is 2.20. The van der Waals surface area contributed by atoms with E-state index in [1.165, 1.54) is 6.92 Å². The maximum atomic E-state index is 14.2. The second-order valence-corrected chi connectivity index (χ2v) is 13.3. The highest BCUT2D eigenvalue weighted by Gasteiger charge is 2.35. The van der Waals surface area contributed by atoms with Crippen molar-refractivity contribution >= 4 is 40.4 Å². The summed E-state index contributed by atoms with van der Waals surface area (Å²) in [6, 6.07) is 23.5. The van der Waals surface area contributed by atoms with Crippen LogP contribution in [-0.2, 0) is 43.2 Å². The molecule has 51 heavy (non-hydrogen) atoms. The first-order valence-corrected chi connectivity index (χ1v) is 17.5. The van der Waals surface area contributed by atoms with E-state index in [1.54, 1.807) is 4.90 Å². The Bertz CT molecular complexity index is 1840. The Balaban J connectivity index is 1.32. The van der Waals surface area contributed by atoms with Crippen LogP contribution in [0.3, 0.4) is 0 Å². The first kappa shape index (κ1) is 35.3. The Morgan fingerprint density at radius 2 is 1.29 bits per heavy atom. The van der Waals surface area contributed by atoms with Gasteiger partial charge in [0.05, 0.1) is 18.5 Å². The highest BCUT2D eigenvalue weighted by atomic mass is 16.2. The molecule has 266 valence electrons. The summed E-state index contributed by atoms with van der Waals surface area (Å²) in [7, 11) is 0. The Hall–Kier alpha value is -5.49. The summed E-state index contributed by atoms with van der Waals surface area (Å²) in [5.74, 6) is -1.76. The third kappa shape index (κ3) is 9.20. The molecule has 2 fully saturated rings. The van der Waals surface area contributed by atoms with E-state index in [1.807, 2.05) is 96.0 Å². The lowest BCUT2D eigenvalue weighted by molar-refractivity contribution is -0.137. The molecular formula is C39H45N7O5. The number of aromatic nitrogens is 1. The van der Waals surface area contributed by atoms with Crippen LogP contribution in [0.25, 0.3) is 10.9 Å². The van der Waals surface area contributed by atoms with Gasteiger partial charge in [0.1, 0.15) is 12.1 Å². The van der Waals surface area contributed by atoms with Gasteiger partial charge in [-0.1, -0.05) is 78.9 Å². The van der Waals surface area contributed by atoms with E-state index < -0.39 is 41.9 Å². The van der Waals surface area contributed by atoms with Crippen molar-refractivity contribution in [3.63, 3.8) is 0 Å². The topological polar surface area (TPSA) is 156 Å². The quantitative estimate of drug-likeness (QED) is 0.199. The lowest BCUT2D eigenvalue weighted by Crippen LogP contribution is -2.60. The molecule has 5 amide bonds. The normalized spacial score (nSPS) is 22.7. The Kier molecular flexibility index (Phi) is 11.4. The smallest absolute Gasteiger partial charge is 0.243 e. The van der Waals surface area contributed by atoms with Crippen LogP contribution in [0.15, 0.2) is 91.1 Å². The van der Waals surface area contributed by atoms with E-state index in [4.69, 9.17) is 0 Å². The van der Waals surface area contributed by atoms with Gasteiger partial charge in [-0.05, 0) is 29.2 Å². The molecule has 2 saturated heterocycles. The fourth-order valence-corrected chi connectivity index (χ4v) is 6.94. The summed E-state index contributed by atoms with van der Waals surface area (Å²) in [4.78, 5) is 75.0. The van der Waals surface area contributed by atoms with Crippen molar-refractivity contribution in [2.75, 3.05) is 32.7 Å². The molecule has 0 spiro atoms. The fourth-order valence-electron chi connectivity index (χ4n) is 6.94. The maximum absolute atomic E-state index is 14.2. The van der Waals surface area contributed by atoms with Gasteiger partial charge < -0.3 is 31.2 Å². The lowest BCUT2D eigenvalue weighted by Gasteiger charge is -2.38. The van der Waals surface area contributed by atoms with Crippen molar-refractivity contribution in [3.8, 4) is 0 Å². The van der Waals surface area contributed by atoms with Gasteiger partial charge in [0, 0.05) is 69.6 Å². The van der Waals surface area contributed by atoms with Gasteiger partial charge in [-0.2, -0.15) is 0 Å². The number of nitrogens with one attached hydrogen (secondary N) is 5. The zero-order valence-electron chi connectivity index (χ0n) is 28.8. The Morgan fingerprint density at radius 1 is 0.686 bits per heavy atom. The van der Waals surface area contributed by atoms with Crippen molar-refractivity contribution in [3.05, 3.63) is 108 Å². The third-order valence-corrected chi connectivity index (χ3v) is 9.74. The number of hydrogen-bond acceptors (Lipinski definition) is 6. The number of carbonyl (C=O) groups is 5. The monoisotopic (exact) mass is 691 g/mol. The van der Waals surface area contributed by atoms with Crippen molar-refractivity contribution in [1.82, 2.24) is 36.1 Å². The first-order valence-electron chi connectivity index (χ1n) is 17.5. The molecule has 0 radical (unpaired) electrons. The van der Waals surface area contributed by atoms with Gasteiger partial charge in [0.25, 0.3) is 0 Å². The molecule has 0 saturated carbocycles. The molecule has 3 heterocycles. The van der Waals surface area contributed by atoms with Gasteiger partial charge in [-0.25, -0.2) is 0 Å². The maximum Gasteiger partial charge on any atom is 0.243 e. The minimum atomic E-state index is -1.04. The number of carbonyl (C=O) groups excluding carboxylic acids is 5. The first-order chi connectivity index (χ1) is 24.7. The number of H-pyrrole nitrogens is 1. The van der Waals surface area contributed by atoms with Gasteiger partial charge in [-0.15, -0.1) is 0 Å². The van der Waals surface area contributed by atoms with Crippen LogP contribution in [-0.4, -0.2) is 101 Å². The molecule has 2 aliphatic rings. The van der Waals surface area contributed by atoms with E-state index in [9.17, 15) is 24.0 Å². The second kappa shape index (κ2) is 16.5. The van der Waals surface area contributed by atoms with Crippen LogP contribution in [0.4, 0.5) is 0 Å². The molecule has 12 nitrogen and oxygen atoms in total. The number of hydrogen-bond donors (Lipinski definition) is 5. The third-order valence-electron chi connectivity index (χ3n) is 9.74. The molecule has 6 rings (SSSR count). The highest BCUT2D eigenvalue weighted by molar-refractivity contribution is 5.95. The molecule has 2 aliphatic heterocycles. The van der Waals surface area contributed by atoms with E-state index in [0.717, 1.165) is 27.6 Å².